The highest BCUT2D eigenvalue weighted by molar-refractivity contribution is 5.76. The van der Waals surface area contributed by atoms with E-state index in [0.29, 0.717) is 30.7 Å². The molecule has 0 radical (unpaired) electrons. The Morgan fingerprint density at radius 3 is 2.79 bits per heavy atom. The molecule has 134 valence electrons. The maximum Gasteiger partial charge on any atom is 0.226 e. The number of hydrogen-bond acceptors (Lipinski definition) is 6. The van der Waals surface area contributed by atoms with Crippen LogP contribution in [0.1, 0.15) is 38.4 Å². The summed E-state index contributed by atoms with van der Waals surface area (Å²) in [6, 6.07) is 0.473. The molecule has 1 amide bonds. The van der Waals surface area contributed by atoms with Crippen molar-refractivity contribution in [3.05, 3.63) is 11.7 Å². The second kappa shape index (κ2) is 8.07. The molecule has 0 spiro atoms. The number of aryl methyl sites for hydroxylation is 2. The molecule has 1 aromatic heterocycles. The minimum absolute atomic E-state index is 0.243. The fraction of sp³-hybridized carbons (Fsp3) is 0.824. The van der Waals surface area contributed by atoms with Crippen molar-refractivity contribution in [2.24, 2.45) is 5.92 Å². The first-order valence-electron chi connectivity index (χ1n) is 9.08. The number of carbonyl (C=O) groups excluding carboxylic acids is 1. The van der Waals surface area contributed by atoms with Crippen LogP contribution in [-0.4, -0.2) is 71.3 Å². The highest BCUT2D eigenvalue weighted by Crippen LogP contribution is 2.23. The summed E-state index contributed by atoms with van der Waals surface area (Å²) in [4.78, 5) is 21.3. The SMILES string of the molecule is CCc1noc(CCCC(=O)N2C[C@@H](C)[C@H](N3CCOCC3)C2)n1. The van der Waals surface area contributed by atoms with Crippen molar-refractivity contribution in [1.82, 2.24) is 19.9 Å². The number of hydrogen-bond donors (Lipinski definition) is 0. The third-order valence-electron chi connectivity index (χ3n) is 5.05. The largest absolute Gasteiger partial charge is 0.379 e. The van der Waals surface area contributed by atoms with Gasteiger partial charge in [-0.3, -0.25) is 9.69 Å². The number of ether oxygens (including phenoxy) is 1. The summed E-state index contributed by atoms with van der Waals surface area (Å²) in [5, 5.41) is 3.88. The van der Waals surface area contributed by atoms with Crippen molar-refractivity contribution >= 4 is 5.91 Å². The fourth-order valence-electron chi connectivity index (χ4n) is 3.62. The van der Waals surface area contributed by atoms with Gasteiger partial charge in [-0.15, -0.1) is 0 Å². The van der Waals surface area contributed by atoms with Crippen molar-refractivity contribution in [1.29, 1.82) is 0 Å². The van der Waals surface area contributed by atoms with Crippen LogP contribution in [0.2, 0.25) is 0 Å². The first-order valence-corrected chi connectivity index (χ1v) is 9.08. The van der Waals surface area contributed by atoms with E-state index in [9.17, 15) is 4.79 Å². The predicted octanol–water partition coefficient (Wildman–Crippen LogP) is 1.13. The average molecular weight is 336 g/mol. The quantitative estimate of drug-likeness (QED) is 0.776. The summed E-state index contributed by atoms with van der Waals surface area (Å²) in [6.07, 6.45) is 2.76. The van der Waals surface area contributed by atoms with Crippen molar-refractivity contribution < 1.29 is 14.1 Å². The van der Waals surface area contributed by atoms with E-state index in [1.165, 1.54) is 0 Å². The van der Waals surface area contributed by atoms with Gasteiger partial charge < -0.3 is 14.2 Å². The van der Waals surface area contributed by atoms with Gasteiger partial charge in [0.05, 0.1) is 13.2 Å². The van der Waals surface area contributed by atoms with Crippen LogP contribution in [0, 0.1) is 5.92 Å². The number of likely N-dealkylation sites (tertiary alicyclic amines) is 1. The summed E-state index contributed by atoms with van der Waals surface area (Å²) in [5.41, 5.74) is 0. The van der Waals surface area contributed by atoms with Gasteiger partial charge in [0.15, 0.2) is 5.82 Å². The summed E-state index contributed by atoms with van der Waals surface area (Å²) in [7, 11) is 0. The molecule has 0 unspecified atom stereocenters. The first-order chi connectivity index (χ1) is 11.7. The minimum Gasteiger partial charge on any atom is -0.379 e. The Balaban J connectivity index is 1.43. The van der Waals surface area contributed by atoms with Gasteiger partial charge in [-0.2, -0.15) is 4.98 Å². The van der Waals surface area contributed by atoms with E-state index in [1.54, 1.807) is 0 Å². The maximum absolute atomic E-state index is 12.5. The molecule has 0 aliphatic carbocycles. The molecular weight excluding hydrogens is 308 g/mol. The van der Waals surface area contributed by atoms with Crippen LogP contribution in [0.15, 0.2) is 4.52 Å². The van der Waals surface area contributed by atoms with E-state index < -0.39 is 0 Å². The number of nitrogens with zero attached hydrogens (tertiary/aromatic N) is 4. The zero-order valence-corrected chi connectivity index (χ0v) is 14.7. The van der Waals surface area contributed by atoms with Crippen LogP contribution < -0.4 is 0 Å². The number of carbonyl (C=O) groups is 1. The van der Waals surface area contributed by atoms with Crippen LogP contribution in [0.4, 0.5) is 0 Å². The third kappa shape index (κ3) is 4.13. The molecule has 3 rings (SSSR count). The molecule has 2 aliphatic rings. The Hall–Kier alpha value is -1.47. The molecule has 3 heterocycles. The molecule has 2 aliphatic heterocycles. The second-order valence-electron chi connectivity index (χ2n) is 6.80. The van der Waals surface area contributed by atoms with Crippen LogP contribution in [-0.2, 0) is 22.4 Å². The third-order valence-corrected chi connectivity index (χ3v) is 5.05. The van der Waals surface area contributed by atoms with Gasteiger partial charge in [0.25, 0.3) is 0 Å². The van der Waals surface area contributed by atoms with Gasteiger partial charge >= 0.3 is 0 Å². The number of aromatic nitrogens is 2. The van der Waals surface area contributed by atoms with Crippen LogP contribution in [0.5, 0.6) is 0 Å². The smallest absolute Gasteiger partial charge is 0.226 e. The van der Waals surface area contributed by atoms with Crippen molar-refractivity contribution in [2.75, 3.05) is 39.4 Å². The van der Waals surface area contributed by atoms with Gasteiger partial charge in [0.1, 0.15) is 0 Å². The summed E-state index contributed by atoms with van der Waals surface area (Å²) in [6.45, 7) is 9.53. The molecular formula is C17H28N4O3. The Morgan fingerprint density at radius 2 is 2.08 bits per heavy atom. The van der Waals surface area contributed by atoms with Gasteiger partial charge in [-0.25, -0.2) is 0 Å². The molecule has 24 heavy (non-hydrogen) atoms. The van der Waals surface area contributed by atoms with E-state index in [-0.39, 0.29) is 5.91 Å². The molecule has 2 atom stereocenters. The summed E-state index contributed by atoms with van der Waals surface area (Å²) < 4.78 is 10.6. The van der Waals surface area contributed by atoms with Gasteiger partial charge in [0.2, 0.25) is 11.8 Å². The second-order valence-corrected chi connectivity index (χ2v) is 6.80. The van der Waals surface area contributed by atoms with Crippen molar-refractivity contribution in [3.63, 3.8) is 0 Å². The lowest BCUT2D eigenvalue weighted by Crippen LogP contribution is -2.47. The molecule has 0 N–H and O–H groups in total. The molecule has 1 aromatic rings. The topological polar surface area (TPSA) is 71.7 Å². The Labute approximate surface area is 143 Å². The lowest BCUT2D eigenvalue weighted by molar-refractivity contribution is -0.130. The molecule has 7 heteroatoms. The molecule has 0 aromatic carbocycles. The van der Waals surface area contributed by atoms with Gasteiger partial charge in [-0.1, -0.05) is 19.0 Å². The zero-order chi connectivity index (χ0) is 16.9. The predicted molar refractivity (Wildman–Crippen MR) is 88.5 cm³/mol. The lowest BCUT2D eigenvalue weighted by atomic mass is 10.0. The van der Waals surface area contributed by atoms with E-state index in [0.717, 1.165) is 58.1 Å². The van der Waals surface area contributed by atoms with Crippen molar-refractivity contribution in [2.45, 2.75) is 45.6 Å². The number of amides is 1. The fourth-order valence-corrected chi connectivity index (χ4v) is 3.62. The number of morpholine rings is 1. The van der Waals surface area contributed by atoms with E-state index in [4.69, 9.17) is 9.26 Å². The van der Waals surface area contributed by atoms with Crippen LogP contribution in [0.3, 0.4) is 0 Å². The normalized spacial score (nSPS) is 25.3. The molecule has 2 saturated heterocycles. The molecule has 0 saturated carbocycles. The Kier molecular flexibility index (Phi) is 5.84. The highest BCUT2D eigenvalue weighted by atomic mass is 16.5. The first kappa shape index (κ1) is 17.4. The molecule has 7 nitrogen and oxygen atoms in total. The molecule has 2 fully saturated rings. The van der Waals surface area contributed by atoms with Crippen LogP contribution >= 0.6 is 0 Å². The minimum atomic E-state index is 0.243. The van der Waals surface area contributed by atoms with Crippen LogP contribution in [0.25, 0.3) is 0 Å². The standard InChI is InChI=1S/C17H28N4O3/c1-3-15-18-16(24-19-15)5-4-6-17(22)21-11-13(2)14(12-21)20-7-9-23-10-8-20/h13-14H,3-12H2,1-2H3/t13-,14-/m1/s1. The van der Waals surface area contributed by atoms with E-state index in [2.05, 4.69) is 22.0 Å². The van der Waals surface area contributed by atoms with Crippen molar-refractivity contribution in [3.8, 4) is 0 Å². The van der Waals surface area contributed by atoms with E-state index in [1.807, 2.05) is 11.8 Å². The molecule has 0 bridgehead atoms. The maximum atomic E-state index is 12.5. The average Bonchev–Trinajstić information content (AvgIpc) is 3.22. The Morgan fingerprint density at radius 1 is 1.29 bits per heavy atom. The summed E-state index contributed by atoms with van der Waals surface area (Å²) in [5.74, 6) is 2.14. The zero-order valence-electron chi connectivity index (χ0n) is 14.7. The van der Waals surface area contributed by atoms with E-state index >= 15 is 0 Å². The Bertz CT molecular complexity index is 542. The lowest BCUT2D eigenvalue weighted by Gasteiger charge is -2.34. The van der Waals surface area contributed by atoms with Gasteiger partial charge in [0, 0.05) is 51.5 Å². The summed E-state index contributed by atoms with van der Waals surface area (Å²) >= 11 is 0. The highest BCUT2D eigenvalue weighted by Gasteiger charge is 2.36. The monoisotopic (exact) mass is 336 g/mol. The van der Waals surface area contributed by atoms with Gasteiger partial charge in [-0.05, 0) is 12.3 Å². The number of rotatable bonds is 6.